The van der Waals surface area contributed by atoms with Crippen LogP contribution in [0.2, 0.25) is 0 Å². The molecule has 40 nitrogen and oxygen atoms in total. The molecule has 1 saturated carbocycles. The number of para-hydroxylation sites is 2. The van der Waals surface area contributed by atoms with Gasteiger partial charge in [-0.3, -0.25) is 81.5 Å². The fraction of sp³-hybridized carbons (Fsp3) is 0.524. The van der Waals surface area contributed by atoms with Crippen molar-refractivity contribution in [3.8, 4) is 0 Å². The monoisotopic (exact) mass is 1730 g/mol. The van der Waals surface area contributed by atoms with Crippen LogP contribution in [-0.2, 0) is 107 Å². The van der Waals surface area contributed by atoms with Crippen molar-refractivity contribution in [1.29, 1.82) is 0 Å². The van der Waals surface area contributed by atoms with Gasteiger partial charge < -0.3 is 95.4 Å². The SMILES string of the molecule is CCCCCCC1CCC(c2ccc(C(=O)N[C@@H](Cc3c[nH]c4ccccc34)C(=O)N[C@H](CC(N)=O)C(=O)C[C@@H](C)C(=O)N[C@@H]3C(=O)NCC(=O)N[C@@H](CCCN)C(=O)N[C@@H](CC(=O)O)C(=O)C[C@H](C)C(=O)N[C@@H](C)C(=O)NCC(=O)N[C@H](CO)C(=O)C[C@@H]([C@H](C)CC(=O)O)C(=O)N[C@@H](CC(=O)c4ccccc4N)C(=O)O[C@@H]3C)cc2)CC1.O=C=O.O=C=O. The van der Waals surface area contributed by atoms with Gasteiger partial charge in [0.25, 0.3) is 5.91 Å². The van der Waals surface area contributed by atoms with Gasteiger partial charge in [0, 0.05) is 90.2 Å². The molecule has 20 N–H and O–H groups in total. The zero-order valence-electron chi connectivity index (χ0n) is 69.9. The summed E-state index contributed by atoms with van der Waals surface area (Å²) < 4.78 is 5.80. The number of aliphatic hydroxyl groups excluding tert-OH is 1. The van der Waals surface area contributed by atoms with Gasteiger partial charge in [-0.25, -0.2) is 4.79 Å². The van der Waals surface area contributed by atoms with E-state index in [9.17, 15) is 102 Å². The van der Waals surface area contributed by atoms with Crippen molar-refractivity contribution in [2.24, 2.45) is 41.1 Å². The third-order valence-corrected chi connectivity index (χ3v) is 21.2. The van der Waals surface area contributed by atoms with Gasteiger partial charge >= 0.3 is 30.2 Å². The molecule has 1 aliphatic heterocycles. The van der Waals surface area contributed by atoms with Gasteiger partial charge in [-0.1, -0.05) is 102 Å². The fourth-order valence-corrected chi connectivity index (χ4v) is 14.2. The summed E-state index contributed by atoms with van der Waals surface area (Å²) in [6.45, 7) is 4.86. The normalized spacial score (nSPS) is 22.2. The van der Waals surface area contributed by atoms with Gasteiger partial charge in [0.15, 0.2) is 23.1 Å². The number of aromatic amines is 1. The molecule has 0 spiro atoms. The van der Waals surface area contributed by atoms with Crippen LogP contribution in [0.15, 0.2) is 79.0 Å². The molecular formula is C84H112N14O26. The van der Waals surface area contributed by atoms with Crippen molar-refractivity contribution >= 4 is 135 Å². The molecule has 4 aromatic rings. The minimum absolute atomic E-state index is 0.0122. The average Bonchev–Trinajstić information content (AvgIpc) is 1.68. The highest BCUT2D eigenvalue weighted by molar-refractivity contribution is 6.05. The predicted octanol–water partition coefficient (Wildman–Crippen LogP) is -0.00930. The van der Waals surface area contributed by atoms with Crippen molar-refractivity contribution in [2.75, 3.05) is 32.0 Å². The maximum Gasteiger partial charge on any atom is 0.373 e. The minimum Gasteiger partial charge on any atom is -0.481 e. The molecule has 0 unspecified atom stereocenters. The molecular weight excluding hydrogens is 1620 g/mol. The number of unbranched alkanes of at least 4 members (excludes halogenated alkanes) is 3. The van der Waals surface area contributed by atoms with Crippen molar-refractivity contribution < 1.29 is 126 Å². The highest BCUT2D eigenvalue weighted by atomic mass is 16.5. The molecule has 0 bridgehead atoms. The molecule has 2 heterocycles. The van der Waals surface area contributed by atoms with Gasteiger partial charge in [0.05, 0.1) is 44.6 Å². The Morgan fingerprint density at radius 2 is 1.21 bits per heavy atom. The molecule has 0 radical (unpaired) electrons. The number of anilines is 1. The van der Waals surface area contributed by atoms with Crippen molar-refractivity contribution in [1.82, 2.24) is 58.2 Å². The molecule has 6 rings (SSSR count). The molecule has 3 aromatic carbocycles. The van der Waals surface area contributed by atoms with E-state index in [-0.39, 0.29) is 54.9 Å². The van der Waals surface area contributed by atoms with E-state index in [2.05, 4.69) is 65.1 Å². The number of hydrogen-bond acceptors (Lipinski definition) is 26. The number of esters is 1. The first-order valence-corrected chi connectivity index (χ1v) is 40.6. The summed E-state index contributed by atoms with van der Waals surface area (Å²) in [5.74, 6) is -25.5. The number of cyclic esters (lactones) is 1. The van der Waals surface area contributed by atoms with Crippen LogP contribution in [0.1, 0.15) is 195 Å². The number of ether oxygens (including phenoxy) is 1. The lowest BCUT2D eigenvalue weighted by molar-refractivity contribution is -0.193. The topological polar surface area (TPSA) is 660 Å². The average molecular weight is 1730 g/mol. The fourth-order valence-electron chi connectivity index (χ4n) is 14.2. The van der Waals surface area contributed by atoms with E-state index < -0.39 is 249 Å². The molecule has 1 saturated heterocycles. The number of carbonyl (C=O) groups excluding carboxylic acids is 20. The number of aliphatic hydroxyl groups is 1. The Kier molecular flexibility index (Phi) is 44.1. The Balaban J connectivity index is 0.00000522. The van der Waals surface area contributed by atoms with Gasteiger partial charge in [0.2, 0.25) is 59.1 Å². The molecule has 2 fully saturated rings. The summed E-state index contributed by atoms with van der Waals surface area (Å²) in [4.78, 5) is 285. The number of hydrogen-bond donors (Lipinski definition) is 17. The lowest BCUT2D eigenvalue weighted by Gasteiger charge is -2.29. The number of primary amides is 1. The number of carboxylic acid groups (broad SMARTS) is 2. The molecule has 40 heteroatoms. The summed E-state index contributed by atoms with van der Waals surface area (Å²) in [5, 5.41) is 54.5. The highest BCUT2D eigenvalue weighted by Crippen LogP contribution is 2.38. The zero-order valence-corrected chi connectivity index (χ0v) is 69.9. The molecule has 2 aliphatic rings. The van der Waals surface area contributed by atoms with Crippen LogP contribution in [0.5, 0.6) is 0 Å². The predicted molar refractivity (Wildman–Crippen MR) is 437 cm³/mol. The van der Waals surface area contributed by atoms with E-state index in [1.165, 1.54) is 84.1 Å². The maximum atomic E-state index is 14.9. The van der Waals surface area contributed by atoms with Gasteiger partial charge in [-0.15, -0.1) is 0 Å². The van der Waals surface area contributed by atoms with E-state index in [0.29, 0.717) is 28.3 Å². The number of benzene rings is 3. The molecule has 1 aromatic heterocycles. The first-order chi connectivity index (χ1) is 58.8. The lowest BCUT2D eigenvalue weighted by Crippen LogP contribution is -2.58. The van der Waals surface area contributed by atoms with Crippen molar-refractivity contribution in [3.05, 3.63) is 101 Å². The first-order valence-electron chi connectivity index (χ1n) is 40.6. The van der Waals surface area contributed by atoms with E-state index in [1.54, 1.807) is 42.6 Å². The van der Waals surface area contributed by atoms with Gasteiger partial charge in [-0.05, 0) is 118 Å². The molecule has 13 atom stereocenters. The van der Waals surface area contributed by atoms with Crippen LogP contribution in [-0.4, -0.2) is 219 Å². The van der Waals surface area contributed by atoms with Gasteiger partial charge in [0.1, 0.15) is 42.4 Å². The van der Waals surface area contributed by atoms with Crippen LogP contribution >= 0.6 is 0 Å². The second-order valence-electron chi connectivity index (χ2n) is 30.8. The van der Waals surface area contributed by atoms with Crippen LogP contribution < -0.4 is 70.4 Å². The van der Waals surface area contributed by atoms with E-state index in [0.717, 1.165) is 38.2 Å². The standard InChI is InChI=1S/C82H112N14O22.2CO2/c1-7-8-9-10-16-48-22-24-49(25-23-48)50-26-28-51(29-27-50)77(112)94-61(34-52-39-86-57-20-14-12-17-53(52)57)80(115)92-59(37-68(85)102)65(99)32-45(4)75(110)96-73-47(6)118-82(117)62(36-64(98)54-18-11-13-19-56(54)84)95-78(113)55(43(2)33-71(105)106)35-67(101)63(42-97)91-70(104)40-87-76(111)46(5)89-74(109)44(3)31-66(100)60(38-72(107)108)93-79(114)58(21-15-30-83)90-69(103)41-88-81(73)116;2*2-1-3/h11-14,17-20,26-29,39,43-49,55,58-63,73,86,97H,7-10,15-16,21-25,30-38,40-42,83-84H2,1-6H3,(H2,85,102)(H,87,111)(H,88,116)(H,89,109)(H,90,103)(H,91,104)(H,92,115)(H,93,114)(H,94,112)(H,95,113)(H,96,110)(H,105,106)(H,107,108);;/t43-,44+,45-,46+,47-,48?,49?,55+,58+,59-,60+,61+,62+,63-,73+;;/m1../s1. The second kappa shape index (κ2) is 53.0. The number of H-pyrrole nitrogens is 1. The third kappa shape index (κ3) is 34.5. The Labute approximate surface area is 713 Å². The number of aromatic nitrogens is 1. The molecule has 1 aliphatic carbocycles. The number of ketones is 4. The largest absolute Gasteiger partial charge is 0.481 e. The number of nitrogens with two attached hydrogens (primary N) is 3. The lowest BCUT2D eigenvalue weighted by atomic mass is 9.77. The smallest absolute Gasteiger partial charge is 0.373 e. The summed E-state index contributed by atoms with van der Waals surface area (Å²) in [6, 6.07) is 5.50. The number of amides is 11. The van der Waals surface area contributed by atoms with E-state index in [1.807, 2.05) is 12.1 Å². The third-order valence-electron chi connectivity index (χ3n) is 21.2. The van der Waals surface area contributed by atoms with Crippen LogP contribution in [0.4, 0.5) is 5.69 Å². The number of nitrogens with one attached hydrogen (secondary N) is 11. The second-order valence-corrected chi connectivity index (χ2v) is 30.8. The first kappa shape index (κ1) is 103. The molecule has 124 heavy (non-hydrogen) atoms. The van der Waals surface area contributed by atoms with Crippen LogP contribution in [0.3, 0.4) is 0 Å². The quantitative estimate of drug-likeness (QED) is 0.0136. The van der Waals surface area contributed by atoms with Crippen LogP contribution in [0.25, 0.3) is 10.9 Å². The number of nitrogen functional groups attached to an aromatic ring is 1. The van der Waals surface area contributed by atoms with Crippen molar-refractivity contribution in [2.45, 2.75) is 224 Å². The Morgan fingerprint density at radius 1 is 0.605 bits per heavy atom. The maximum absolute atomic E-state index is 14.9. The minimum atomic E-state index is -2.17. The number of carbonyl (C=O) groups is 18. The summed E-state index contributed by atoms with van der Waals surface area (Å²) in [7, 11) is 0. The summed E-state index contributed by atoms with van der Waals surface area (Å²) in [5.41, 5.74) is 19.9. The zero-order chi connectivity index (χ0) is 92.4. The van der Waals surface area contributed by atoms with Gasteiger partial charge in [-0.2, -0.15) is 19.2 Å². The summed E-state index contributed by atoms with van der Waals surface area (Å²) >= 11 is 0. The Bertz CT molecular complexity index is 4480. The Hall–Kier alpha value is -13.1. The van der Waals surface area contributed by atoms with Crippen molar-refractivity contribution in [3.63, 3.8) is 0 Å². The molecule has 674 valence electrons. The van der Waals surface area contributed by atoms with E-state index >= 15 is 0 Å². The number of fused-ring (bicyclic) bond motifs is 1. The number of Topliss-reactive ketones (excluding diaryl/α,β-unsaturated/α-hetero) is 4. The number of aliphatic carboxylic acids is 2. The molecule has 11 amide bonds. The highest BCUT2D eigenvalue weighted by Gasteiger charge is 2.41. The van der Waals surface area contributed by atoms with Crippen LogP contribution in [0, 0.1) is 29.6 Å². The Morgan fingerprint density at radius 3 is 1.81 bits per heavy atom. The van der Waals surface area contributed by atoms with E-state index in [4.69, 9.17) is 41.1 Å². The number of carboxylic acids is 2. The number of rotatable bonds is 31. The summed E-state index contributed by atoms with van der Waals surface area (Å²) in [6.07, 6.45) is 3.77.